The second-order valence-corrected chi connectivity index (χ2v) is 7.79. The van der Waals surface area contributed by atoms with E-state index >= 15 is 0 Å². The average Bonchev–Trinajstić information content (AvgIpc) is 2.99. The summed E-state index contributed by atoms with van der Waals surface area (Å²) >= 11 is 6.10. The number of carbonyl (C=O) groups is 2. The molecule has 1 heterocycles. The van der Waals surface area contributed by atoms with Crippen molar-refractivity contribution in [3.63, 3.8) is 0 Å². The highest BCUT2D eigenvalue weighted by Gasteiger charge is 2.40. The van der Waals surface area contributed by atoms with Crippen LogP contribution in [0, 0.1) is 0 Å². The molecule has 5 nitrogen and oxygen atoms in total. The number of nitrogens with one attached hydrogen (secondary N) is 1. The van der Waals surface area contributed by atoms with Gasteiger partial charge in [-0.1, -0.05) is 48.0 Å². The summed E-state index contributed by atoms with van der Waals surface area (Å²) in [6.07, 6.45) is 0.0616. The molecule has 6 heteroatoms. The fraction of sp³-hybridized carbons (Fsp3) is 0.120. The van der Waals surface area contributed by atoms with Crippen molar-refractivity contribution in [2.24, 2.45) is 0 Å². The standard InChI is InChI=1S/C25H21ClN2O3/c1-16(2)31-21-13-11-19(12-14-21)27-23-22(17-7-4-3-5-8-17)24(29)28(25(23)30)20-10-6-9-18(26)15-20/h3-16,27H,1-2H3. The molecule has 1 N–H and O–H groups in total. The van der Waals surface area contributed by atoms with Crippen molar-refractivity contribution in [1.82, 2.24) is 0 Å². The van der Waals surface area contributed by atoms with Crippen molar-refractivity contribution < 1.29 is 14.3 Å². The molecule has 4 rings (SSSR count). The fourth-order valence-electron chi connectivity index (χ4n) is 3.40. The summed E-state index contributed by atoms with van der Waals surface area (Å²) in [6.45, 7) is 3.91. The Labute approximate surface area is 185 Å². The fourth-order valence-corrected chi connectivity index (χ4v) is 3.59. The van der Waals surface area contributed by atoms with Crippen LogP contribution in [0.2, 0.25) is 5.02 Å². The molecular weight excluding hydrogens is 412 g/mol. The van der Waals surface area contributed by atoms with Crippen LogP contribution in [0.1, 0.15) is 19.4 Å². The number of anilines is 2. The Morgan fingerprint density at radius 1 is 0.871 bits per heavy atom. The molecule has 0 aromatic heterocycles. The third-order valence-corrected chi connectivity index (χ3v) is 4.94. The van der Waals surface area contributed by atoms with E-state index in [1.807, 2.05) is 68.4 Å². The van der Waals surface area contributed by atoms with Gasteiger partial charge in [0.25, 0.3) is 11.8 Å². The van der Waals surface area contributed by atoms with Gasteiger partial charge in [0.15, 0.2) is 0 Å². The predicted molar refractivity (Wildman–Crippen MR) is 123 cm³/mol. The van der Waals surface area contributed by atoms with Crippen LogP contribution >= 0.6 is 11.6 Å². The molecule has 1 aliphatic heterocycles. The maximum Gasteiger partial charge on any atom is 0.282 e. The minimum atomic E-state index is -0.436. The second kappa shape index (κ2) is 8.66. The Balaban J connectivity index is 1.73. The van der Waals surface area contributed by atoms with Crippen molar-refractivity contribution >= 4 is 40.4 Å². The lowest BCUT2D eigenvalue weighted by atomic mass is 10.0. The first-order valence-electron chi connectivity index (χ1n) is 9.92. The molecule has 156 valence electrons. The summed E-state index contributed by atoms with van der Waals surface area (Å²) < 4.78 is 5.67. The van der Waals surface area contributed by atoms with Crippen molar-refractivity contribution in [1.29, 1.82) is 0 Å². The van der Waals surface area contributed by atoms with E-state index in [1.54, 1.807) is 24.3 Å². The van der Waals surface area contributed by atoms with Gasteiger partial charge in [-0.25, -0.2) is 4.90 Å². The van der Waals surface area contributed by atoms with E-state index in [0.717, 1.165) is 10.6 Å². The zero-order valence-corrected chi connectivity index (χ0v) is 17.9. The molecule has 0 saturated heterocycles. The van der Waals surface area contributed by atoms with Gasteiger partial charge in [-0.05, 0) is 61.9 Å². The number of halogens is 1. The van der Waals surface area contributed by atoms with Gasteiger partial charge in [0, 0.05) is 10.7 Å². The molecule has 0 atom stereocenters. The van der Waals surface area contributed by atoms with Crippen molar-refractivity contribution in [2.75, 3.05) is 10.2 Å². The van der Waals surface area contributed by atoms with Crippen LogP contribution in [0.4, 0.5) is 11.4 Å². The van der Waals surface area contributed by atoms with Crippen LogP contribution in [0.5, 0.6) is 5.75 Å². The number of carbonyl (C=O) groups excluding carboxylic acids is 2. The van der Waals surface area contributed by atoms with Gasteiger partial charge < -0.3 is 10.1 Å². The van der Waals surface area contributed by atoms with Gasteiger partial charge in [0.05, 0.1) is 17.4 Å². The SMILES string of the molecule is CC(C)Oc1ccc(NC2=C(c3ccccc3)C(=O)N(c3cccc(Cl)c3)C2=O)cc1. The molecule has 0 spiro atoms. The van der Waals surface area contributed by atoms with Crippen LogP contribution in [0.15, 0.2) is 84.6 Å². The predicted octanol–water partition coefficient (Wildman–Crippen LogP) is 5.52. The zero-order valence-electron chi connectivity index (χ0n) is 17.1. The first-order valence-corrected chi connectivity index (χ1v) is 10.3. The van der Waals surface area contributed by atoms with Crippen LogP contribution in [0.25, 0.3) is 5.57 Å². The number of hydrogen-bond donors (Lipinski definition) is 1. The van der Waals surface area contributed by atoms with Gasteiger partial charge in [0.1, 0.15) is 11.4 Å². The number of hydrogen-bond acceptors (Lipinski definition) is 4. The van der Waals surface area contributed by atoms with E-state index in [9.17, 15) is 9.59 Å². The lowest BCUT2D eigenvalue weighted by Gasteiger charge is -2.16. The van der Waals surface area contributed by atoms with Gasteiger partial charge in [-0.3, -0.25) is 9.59 Å². The van der Waals surface area contributed by atoms with Crippen LogP contribution in [-0.2, 0) is 9.59 Å². The van der Waals surface area contributed by atoms with E-state index in [1.165, 1.54) is 0 Å². The van der Waals surface area contributed by atoms with Crippen molar-refractivity contribution in [3.8, 4) is 5.75 Å². The summed E-state index contributed by atoms with van der Waals surface area (Å²) in [4.78, 5) is 27.8. The van der Waals surface area contributed by atoms with E-state index < -0.39 is 11.8 Å². The van der Waals surface area contributed by atoms with Gasteiger partial charge in [0.2, 0.25) is 0 Å². The minimum absolute atomic E-state index is 0.0616. The highest BCUT2D eigenvalue weighted by molar-refractivity contribution is 6.46. The molecule has 0 fully saturated rings. The Morgan fingerprint density at radius 3 is 2.23 bits per heavy atom. The number of rotatable bonds is 6. The van der Waals surface area contributed by atoms with E-state index in [2.05, 4.69) is 5.32 Å². The molecular formula is C25H21ClN2O3. The summed E-state index contributed by atoms with van der Waals surface area (Å²) in [6, 6.07) is 23.1. The van der Waals surface area contributed by atoms with Crippen LogP contribution < -0.4 is 15.0 Å². The smallest absolute Gasteiger partial charge is 0.282 e. The van der Waals surface area contributed by atoms with Crippen molar-refractivity contribution in [2.45, 2.75) is 20.0 Å². The minimum Gasteiger partial charge on any atom is -0.491 e. The van der Waals surface area contributed by atoms with Crippen molar-refractivity contribution in [3.05, 3.63) is 95.1 Å². The summed E-state index contributed by atoms with van der Waals surface area (Å²) in [7, 11) is 0. The molecule has 1 aliphatic rings. The molecule has 3 aromatic carbocycles. The molecule has 3 aromatic rings. The van der Waals surface area contributed by atoms with Crippen LogP contribution in [-0.4, -0.2) is 17.9 Å². The number of ether oxygens (including phenoxy) is 1. The molecule has 2 amide bonds. The molecule has 0 saturated carbocycles. The first-order chi connectivity index (χ1) is 14.9. The number of imide groups is 1. The summed E-state index contributed by atoms with van der Waals surface area (Å²) in [5, 5.41) is 3.59. The van der Waals surface area contributed by atoms with Gasteiger partial charge >= 0.3 is 0 Å². The van der Waals surface area contributed by atoms with E-state index in [4.69, 9.17) is 16.3 Å². The molecule has 31 heavy (non-hydrogen) atoms. The summed E-state index contributed by atoms with van der Waals surface area (Å²) in [5.74, 6) is -0.110. The highest BCUT2D eigenvalue weighted by atomic mass is 35.5. The van der Waals surface area contributed by atoms with E-state index in [-0.39, 0.29) is 11.8 Å². The lowest BCUT2D eigenvalue weighted by Crippen LogP contribution is -2.32. The lowest BCUT2D eigenvalue weighted by molar-refractivity contribution is -0.120. The monoisotopic (exact) mass is 432 g/mol. The summed E-state index contributed by atoms with van der Waals surface area (Å²) in [5.41, 5.74) is 2.29. The molecule has 0 radical (unpaired) electrons. The maximum atomic E-state index is 13.3. The Bertz CT molecular complexity index is 1150. The quantitative estimate of drug-likeness (QED) is 0.521. The first kappa shape index (κ1) is 20.7. The third kappa shape index (κ3) is 4.32. The Hall–Kier alpha value is -3.57. The van der Waals surface area contributed by atoms with Gasteiger partial charge in [-0.15, -0.1) is 0 Å². The second-order valence-electron chi connectivity index (χ2n) is 7.36. The largest absolute Gasteiger partial charge is 0.491 e. The van der Waals surface area contributed by atoms with E-state index in [0.29, 0.717) is 27.5 Å². The maximum absolute atomic E-state index is 13.3. The zero-order chi connectivity index (χ0) is 22.0. The van der Waals surface area contributed by atoms with Crippen LogP contribution in [0.3, 0.4) is 0 Å². The highest BCUT2D eigenvalue weighted by Crippen LogP contribution is 2.34. The number of nitrogens with zero attached hydrogens (tertiary/aromatic N) is 1. The Kier molecular flexibility index (Phi) is 5.78. The molecule has 0 unspecified atom stereocenters. The average molecular weight is 433 g/mol. The topological polar surface area (TPSA) is 58.6 Å². The third-order valence-electron chi connectivity index (χ3n) is 4.71. The number of benzene rings is 3. The normalized spacial score (nSPS) is 13.9. The molecule has 0 bridgehead atoms. The molecule has 0 aliphatic carbocycles. The number of amides is 2. The van der Waals surface area contributed by atoms with Gasteiger partial charge in [-0.2, -0.15) is 0 Å². The Morgan fingerprint density at radius 2 is 1.58 bits per heavy atom.